The van der Waals surface area contributed by atoms with E-state index in [2.05, 4.69) is 5.32 Å². The van der Waals surface area contributed by atoms with Crippen LogP contribution in [-0.4, -0.2) is 31.6 Å². The van der Waals surface area contributed by atoms with Gasteiger partial charge in [0, 0.05) is 23.9 Å². The van der Waals surface area contributed by atoms with E-state index in [9.17, 15) is 22.8 Å². The summed E-state index contributed by atoms with van der Waals surface area (Å²) in [6.07, 6.45) is -4.49. The zero-order valence-corrected chi connectivity index (χ0v) is 13.9. The van der Waals surface area contributed by atoms with E-state index < -0.39 is 24.5 Å². The van der Waals surface area contributed by atoms with Gasteiger partial charge in [-0.2, -0.15) is 13.2 Å². The van der Waals surface area contributed by atoms with E-state index in [-0.39, 0.29) is 5.56 Å². The summed E-state index contributed by atoms with van der Waals surface area (Å²) in [4.78, 5) is 24.0. The van der Waals surface area contributed by atoms with Gasteiger partial charge in [-0.25, -0.2) is 0 Å². The monoisotopic (exact) mass is 366 g/mol. The second-order valence-electron chi connectivity index (χ2n) is 5.46. The van der Waals surface area contributed by atoms with Gasteiger partial charge < -0.3 is 15.4 Å². The van der Waals surface area contributed by atoms with Crippen molar-refractivity contribution in [2.24, 2.45) is 0 Å². The van der Waals surface area contributed by atoms with Gasteiger partial charge in [0.15, 0.2) is 0 Å². The van der Waals surface area contributed by atoms with Crippen LogP contribution >= 0.6 is 0 Å². The average molecular weight is 366 g/mol. The molecule has 0 atom stereocenters. The SMILES string of the molecule is COCc1ccc(C(=O)Nc2cccc(C(=O)NCC(F)(F)F)c2)cc1. The van der Waals surface area contributed by atoms with Gasteiger partial charge in [0.2, 0.25) is 0 Å². The predicted octanol–water partition coefficient (Wildman–Crippen LogP) is 3.38. The second-order valence-corrected chi connectivity index (χ2v) is 5.46. The molecule has 0 radical (unpaired) electrons. The minimum atomic E-state index is -4.49. The van der Waals surface area contributed by atoms with E-state index in [0.717, 1.165) is 5.56 Å². The molecule has 0 aliphatic rings. The summed E-state index contributed by atoms with van der Waals surface area (Å²) in [6.45, 7) is -0.993. The Hall–Kier alpha value is -2.87. The Labute approximate surface area is 148 Å². The minimum absolute atomic E-state index is 0.0162. The smallest absolute Gasteiger partial charge is 0.380 e. The highest BCUT2D eigenvalue weighted by Gasteiger charge is 2.27. The third kappa shape index (κ3) is 5.89. The van der Waals surface area contributed by atoms with Crippen molar-refractivity contribution in [1.29, 1.82) is 0 Å². The van der Waals surface area contributed by atoms with Gasteiger partial charge in [-0.1, -0.05) is 18.2 Å². The highest BCUT2D eigenvalue weighted by molar-refractivity contribution is 6.05. The number of anilines is 1. The molecule has 8 heteroatoms. The topological polar surface area (TPSA) is 67.4 Å². The average Bonchev–Trinajstić information content (AvgIpc) is 2.60. The van der Waals surface area contributed by atoms with Gasteiger partial charge in [-0.3, -0.25) is 9.59 Å². The quantitative estimate of drug-likeness (QED) is 0.824. The lowest BCUT2D eigenvalue weighted by Crippen LogP contribution is -2.33. The van der Waals surface area contributed by atoms with E-state index in [1.807, 2.05) is 0 Å². The van der Waals surface area contributed by atoms with Gasteiger partial charge >= 0.3 is 6.18 Å². The number of benzene rings is 2. The number of ether oxygens (including phenoxy) is 1. The van der Waals surface area contributed by atoms with Crippen LogP contribution in [0.15, 0.2) is 48.5 Å². The Balaban J connectivity index is 2.03. The van der Waals surface area contributed by atoms with Crippen molar-refractivity contribution in [3.8, 4) is 0 Å². The van der Waals surface area contributed by atoms with Crippen LogP contribution in [0.2, 0.25) is 0 Å². The number of nitrogens with one attached hydrogen (secondary N) is 2. The van der Waals surface area contributed by atoms with Crippen molar-refractivity contribution in [2.45, 2.75) is 12.8 Å². The van der Waals surface area contributed by atoms with Crippen LogP contribution in [0.25, 0.3) is 0 Å². The summed E-state index contributed by atoms with van der Waals surface area (Å²) in [5, 5.41) is 4.39. The number of rotatable bonds is 6. The number of methoxy groups -OCH3 is 1. The summed E-state index contributed by atoms with van der Waals surface area (Å²) in [5.74, 6) is -1.27. The number of alkyl halides is 3. The largest absolute Gasteiger partial charge is 0.405 e. The zero-order chi connectivity index (χ0) is 19.2. The van der Waals surface area contributed by atoms with Crippen LogP contribution in [0.4, 0.5) is 18.9 Å². The third-order valence-electron chi connectivity index (χ3n) is 3.36. The summed E-state index contributed by atoms with van der Waals surface area (Å²) < 4.78 is 41.5. The van der Waals surface area contributed by atoms with Crippen LogP contribution in [0.1, 0.15) is 26.3 Å². The van der Waals surface area contributed by atoms with E-state index in [1.54, 1.807) is 36.7 Å². The maximum atomic E-state index is 12.2. The lowest BCUT2D eigenvalue weighted by atomic mass is 10.1. The molecule has 2 rings (SSSR count). The summed E-state index contributed by atoms with van der Waals surface area (Å²) >= 11 is 0. The number of hydrogen-bond donors (Lipinski definition) is 2. The summed E-state index contributed by atoms with van der Waals surface area (Å²) in [5.41, 5.74) is 1.63. The van der Waals surface area contributed by atoms with Crippen LogP contribution in [0.5, 0.6) is 0 Å². The minimum Gasteiger partial charge on any atom is -0.380 e. The highest BCUT2D eigenvalue weighted by atomic mass is 19.4. The maximum Gasteiger partial charge on any atom is 0.405 e. The highest BCUT2D eigenvalue weighted by Crippen LogP contribution is 2.15. The molecule has 2 aromatic rings. The molecule has 0 spiro atoms. The molecule has 0 aliphatic carbocycles. The fraction of sp³-hybridized carbons (Fsp3) is 0.222. The van der Waals surface area contributed by atoms with Crippen LogP contribution in [0, 0.1) is 0 Å². The second kappa shape index (κ2) is 8.48. The molecule has 2 aromatic carbocycles. The number of carbonyl (C=O) groups is 2. The van der Waals surface area contributed by atoms with Gasteiger partial charge in [-0.15, -0.1) is 0 Å². The molecule has 0 bridgehead atoms. The first-order valence-corrected chi connectivity index (χ1v) is 7.63. The van der Waals surface area contributed by atoms with Crippen LogP contribution in [-0.2, 0) is 11.3 Å². The van der Waals surface area contributed by atoms with Crippen molar-refractivity contribution in [2.75, 3.05) is 19.0 Å². The Morgan fingerprint density at radius 2 is 1.69 bits per heavy atom. The first-order chi connectivity index (χ1) is 12.3. The molecule has 2 N–H and O–H groups in total. The van der Waals surface area contributed by atoms with Crippen molar-refractivity contribution < 1.29 is 27.5 Å². The van der Waals surface area contributed by atoms with E-state index >= 15 is 0 Å². The number of halogens is 3. The number of carbonyl (C=O) groups excluding carboxylic acids is 2. The maximum absolute atomic E-state index is 12.2. The summed E-state index contributed by atoms with van der Waals surface area (Å²) in [6, 6.07) is 12.4. The summed E-state index contributed by atoms with van der Waals surface area (Å²) in [7, 11) is 1.57. The molecule has 0 fully saturated rings. The van der Waals surface area contributed by atoms with Crippen molar-refractivity contribution in [3.05, 3.63) is 65.2 Å². The van der Waals surface area contributed by atoms with E-state index in [1.165, 1.54) is 24.3 Å². The molecule has 0 heterocycles. The normalized spacial score (nSPS) is 11.1. The molecule has 0 unspecified atom stereocenters. The Bertz CT molecular complexity index is 774. The van der Waals surface area contributed by atoms with Crippen molar-refractivity contribution in [3.63, 3.8) is 0 Å². The first-order valence-electron chi connectivity index (χ1n) is 7.63. The van der Waals surface area contributed by atoms with Crippen LogP contribution < -0.4 is 10.6 Å². The van der Waals surface area contributed by atoms with Crippen molar-refractivity contribution in [1.82, 2.24) is 5.32 Å². The molecule has 26 heavy (non-hydrogen) atoms. The molecule has 5 nitrogen and oxygen atoms in total. The lowest BCUT2D eigenvalue weighted by Gasteiger charge is -2.10. The zero-order valence-electron chi connectivity index (χ0n) is 13.9. The van der Waals surface area contributed by atoms with Gasteiger partial charge in [0.1, 0.15) is 6.54 Å². The fourth-order valence-corrected chi connectivity index (χ4v) is 2.14. The van der Waals surface area contributed by atoms with E-state index in [0.29, 0.717) is 17.9 Å². The predicted molar refractivity (Wildman–Crippen MR) is 89.9 cm³/mol. The fourth-order valence-electron chi connectivity index (χ4n) is 2.14. The number of hydrogen-bond acceptors (Lipinski definition) is 3. The van der Waals surface area contributed by atoms with Crippen LogP contribution in [0.3, 0.4) is 0 Å². The van der Waals surface area contributed by atoms with Crippen molar-refractivity contribution >= 4 is 17.5 Å². The van der Waals surface area contributed by atoms with Gasteiger partial charge in [0.05, 0.1) is 6.61 Å². The third-order valence-corrected chi connectivity index (χ3v) is 3.36. The molecule has 0 aromatic heterocycles. The molecule has 0 saturated carbocycles. The Morgan fingerprint density at radius 3 is 2.31 bits per heavy atom. The Morgan fingerprint density at radius 1 is 1.00 bits per heavy atom. The molecular weight excluding hydrogens is 349 g/mol. The first kappa shape index (κ1) is 19.5. The molecular formula is C18H17F3N2O3. The Kier molecular flexibility index (Phi) is 6.35. The molecule has 138 valence electrons. The molecule has 0 aliphatic heterocycles. The molecule has 2 amide bonds. The van der Waals surface area contributed by atoms with Gasteiger partial charge in [-0.05, 0) is 35.9 Å². The standard InChI is InChI=1S/C18H17F3N2O3/c1-26-10-12-5-7-13(8-6-12)17(25)23-15-4-2-3-14(9-15)16(24)22-11-18(19,20)21/h2-9H,10-11H2,1H3,(H,22,24)(H,23,25). The number of amides is 2. The van der Waals surface area contributed by atoms with Gasteiger partial charge in [0.25, 0.3) is 11.8 Å². The molecule has 0 saturated heterocycles. The lowest BCUT2D eigenvalue weighted by molar-refractivity contribution is -0.123. The van der Waals surface area contributed by atoms with E-state index in [4.69, 9.17) is 4.74 Å².